The molecule has 7 N–H and O–H groups in total. The maximum atomic E-state index is 13.4. The lowest BCUT2D eigenvalue weighted by atomic mass is 9.43. The molecule has 10 bridgehead atoms. The molecule has 2 aliphatic heterocycles. The van der Waals surface area contributed by atoms with Crippen molar-refractivity contribution in [1.82, 2.24) is 82.5 Å². The van der Waals surface area contributed by atoms with Crippen molar-refractivity contribution in [2.75, 3.05) is 58.3 Å². The molecule has 17 aliphatic rings. The van der Waals surface area contributed by atoms with Crippen molar-refractivity contribution < 1.29 is 114 Å². The van der Waals surface area contributed by atoms with Gasteiger partial charge in [0.15, 0.2) is 0 Å². The first-order chi connectivity index (χ1) is 65.8. The molecular weight excluding hydrogens is 1880 g/mol. The zero-order chi connectivity index (χ0) is 102. The second-order valence-electron chi connectivity index (χ2n) is 42.3. The molecule has 5 atom stereocenters. The maximum Gasteiger partial charge on any atom is 0.421 e. The number of aliphatic hydroxyl groups excluding tert-OH is 5. The molecule has 43 heteroatoms. The Bertz CT molecular complexity index is 5970. The molecule has 25 nitrogen and oxygen atoms in total. The Hall–Kier alpha value is -10.0. The summed E-state index contributed by atoms with van der Waals surface area (Å²) in [5.41, 5.74) is 5.05. The number of aryl methyl sites for hydroxylation is 5. The maximum absolute atomic E-state index is 13.4. The van der Waals surface area contributed by atoms with E-state index >= 15 is 0 Å². The van der Waals surface area contributed by atoms with Crippen LogP contribution in [0.1, 0.15) is 248 Å². The van der Waals surface area contributed by atoms with Crippen molar-refractivity contribution in [3.05, 3.63) is 172 Å². The molecule has 0 amide bonds. The van der Waals surface area contributed by atoms with Crippen LogP contribution < -0.4 is 5.73 Å². The zero-order valence-corrected chi connectivity index (χ0v) is 79.3. The van der Waals surface area contributed by atoms with E-state index in [1.54, 1.807) is 6.20 Å². The summed E-state index contributed by atoms with van der Waals surface area (Å²) in [5.74, 6) is 3.01. The summed E-state index contributed by atoms with van der Waals surface area (Å²) in [4.78, 5) is 46.4. The SMILES string of the molecule is Cc1cc(-c2cn(C34CC(C3)C4)c(C(O)C(C)C)n2)cnc1N.Cc1ncc(-c2cn(C34CC(C3)C4)c(C(O)C(F)(F)F)n2)cc1C(F)(F)F.Cc1ncc(-c2cn(C34CC(C3)C4)c(C(O)C(F)(F)F)n2)cc1C(F)(F)F.Cc1ncc(-c2cn(C34CC(N5CCOCC5)(C3)C4)c(C(O)C(C)C)n2)cc1C(F)(F)F.Cc1ncc(-c2cn(C34CC(N5CCOCC5)(C3)C4)c(C(O)C(C)C)n2)cc1C(F)(F)F. The number of ether oxygens (including phenoxy) is 2. The van der Waals surface area contributed by atoms with Gasteiger partial charge in [-0.1, -0.05) is 41.5 Å². The predicted molar refractivity (Wildman–Crippen MR) is 477 cm³/mol. The van der Waals surface area contributed by atoms with Crippen LogP contribution in [0.5, 0.6) is 0 Å². The van der Waals surface area contributed by atoms with E-state index in [4.69, 9.17) is 20.2 Å². The van der Waals surface area contributed by atoms with Crippen LogP contribution in [-0.4, -0.2) is 184 Å². The van der Waals surface area contributed by atoms with Gasteiger partial charge in [0.25, 0.3) is 0 Å². The van der Waals surface area contributed by atoms with Gasteiger partial charge in [-0.3, -0.25) is 29.7 Å². The van der Waals surface area contributed by atoms with Gasteiger partial charge in [-0.25, -0.2) is 29.9 Å². The first kappa shape index (κ1) is 101. The van der Waals surface area contributed by atoms with Gasteiger partial charge in [0.05, 0.1) is 88.2 Å². The molecule has 10 aromatic heterocycles. The van der Waals surface area contributed by atoms with E-state index in [1.807, 2.05) is 76.1 Å². The van der Waals surface area contributed by atoms with E-state index in [-0.39, 0.29) is 90.7 Å². The largest absolute Gasteiger partial charge is 0.421 e. The van der Waals surface area contributed by atoms with Crippen molar-refractivity contribution in [3.8, 4) is 56.3 Å². The molecule has 0 radical (unpaired) electrons. The van der Waals surface area contributed by atoms with Gasteiger partial charge in [-0.05, 0) is 202 Å². The van der Waals surface area contributed by atoms with Gasteiger partial charge in [0.1, 0.15) is 53.3 Å². The number of imidazole rings is 5. The van der Waals surface area contributed by atoms with E-state index < -0.39 is 113 Å². The van der Waals surface area contributed by atoms with Crippen LogP contribution in [-0.2, 0) is 61.9 Å². The Balaban J connectivity index is 0.000000117. The number of nitrogen functional groups attached to an aromatic ring is 1. The van der Waals surface area contributed by atoms with E-state index in [0.717, 1.165) is 156 Å². The van der Waals surface area contributed by atoms with E-state index in [1.165, 1.54) is 80.9 Å². The quantitative estimate of drug-likeness (QED) is 0.0386. The number of aliphatic hydroxyl groups is 5. The molecule has 10 aromatic rings. The summed E-state index contributed by atoms with van der Waals surface area (Å²) < 4.78 is 258. The minimum Gasteiger partial charge on any atom is -0.385 e. The van der Waals surface area contributed by atoms with Crippen LogP contribution in [0.3, 0.4) is 0 Å². The summed E-state index contributed by atoms with van der Waals surface area (Å²) in [7, 11) is 0. The van der Waals surface area contributed by atoms with Crippen molar-refractivity contribution in [2.24, 2.45) is 35.5 Å². The van der Waals surface area contributed by atoms with Crippen LogP contribution in [0, 0.1) is 70.1 Å². The van der Waals surface area contributed by atoms with Gasteiger partial charge < -0.3 is 63.6 Å². The van der Waals surface area contributed by atoms with Crippen LogP contribution in [0.4, 0.5) is 84.8 Å². The molecule has 762 valence electrons. The fourth-order valence-electron chi connectivity index (χ4n) is 23.1. The third kappa shape index (κ3) is 18.2. The highest BCUT2D eigenvalue weighted by Gasteiger charge is 2.73. The number of hydrogen-bond acceptors (Lipinski definition) is 20. The lowest BCUT2D eigenvalue weighted by molar-refractivity contribution is -0.222. The molecule has 17 fully saturated rings. The molecule has 15 saturated carbocycles. The van der Waals surface area contributed by atoms with Gasteiger partial charge in [0, 0.05) is 166 Å². The van der Waals surface area contributed by atoms with Gasteiger partial charge in [0.2, 0.25) is 12.2 Å². The van der Waals surface area contributed by atoms with Crippen molar-refractivity contribution >= 4 is 5.82 Å². The first-order valence-corrected chi connectivity index (χ1v) is 47.4. The first-order valence-electron chi connectivity index (χ1n) is 47.4. The highest BCUT2D eigenvalue weighted by atomic mass is 19.4. The number of pyridine rings is 5. The normalized spacial score (nSPS) is 27.4. The summed E-state index contributed by atoms with van der Waals surface area (Å²) in [6.07, 6.45) is -7.04. The van der Waals surface area contributed by atoms with Crippen LogP contribution in [0.25, 0.3) is 56.3 Å². The van der Waals surface area contributed by atoms with Crippen LogP contribution in [0.2, 0.25) is 0 Å². The highest BCUT2D eigenvalue weighted by Crippen LogP contribution is 2.71. The topological polar surface area (TPSA) is 306 Å². The molecule has 15 aliphatic carbocycles. The lowest BCUT2D eigenvalue weighted by Crippen LogP contribution is -2.79. The molecule has 12 heterocycles. The molecule has 2 saturated heterocycles. The molecule has 0 aromatic carbocycles. The third-order valence-electron chi connectivity index (χ3n) is 31.5. The molecule has 27 rings (SSSR count). The molecule has 0 spiro atoms. The number of morpholine rings is 2. The smallest absolute Gasteiger partial charge is 0.385 e. The number of halogens is 18. The van der Waals surface area contributed by atoms with Gasteiger partial charge >= 0.3 is 37.1 Å². The summed E-state index contributed by atoms with van der Waals surface area (Å²) >= 11 is 0. The summed E-state index contributed by atoms with van der Waals surface area (Å²) in [6, 6.07) is 5.87. The lowest BCUT2D eigenvalue weighted by Gasteiger charge is -2.74. The molecular formula is C98H112F18N18O7. The van der Waals surface area contributed by atoms with Gasteiger partial charge in [-0.15, -0.1) is 0 Å². The third-order valence-corrected chi connectivity index (χ3v) is 31.5. The second kappa shape index (κ2) is 35.4. The number of hydrogen-bond donors (Lipinski definition) is 6. The van der Waals surface area contributed by atoms with Crippen molar-refractivity contribution in [3.63, 3.8) is 0 Å². The summed E-state index contributed by atoms with van der Waals surface area (Å²) in [5, 5.41) is 51.8. The van der Waals surface area contributed by atoms with Crippen LogP contribution in [0.15, 0.2) is 92.3 Å². The van der Waals surface area contributed by atoms with E-state index in [9.17, 15) is 105 Å². The van der Waals surface area contributed by atoms with Crippen molar-refractivity contribution in [1.29, 1.82) is 0 Å². The minimum atomic E-state index is -4.92. The Morgan fingerprint density at radius 1 is 0.319 bits per heavy atom. The highest BCUT2D eigenvalue weighted by molar-refractivity contribution is 5.65. The second-order valence-corrected chi connectivity index (χ2v) is 42.3. The Morgan fingerprint density at radius 3 is 0.752 bits per heavy atom. The monoisotopic (exact) mass is 1990 g/mol. The van der Waals surface area contributed by atoms with Gasteiger partial charge in [-0.2, -0.15) is 79.0 Å². The molecule has 141 heavy (non-hydrogen) atoms. The number of nitrogens with zero attached hydrogens (tertiary/aromatic N) is 17. The number of nitrogens with two attached hydrogens (primary N) is 1. The number of alkyl halides is 18. The Morgan fingerprint density at radius 2 is 0.539 bits per heavy atom. The Labute approximate surface area is 799 Å². The van der Waals surface area contributed by atoms with Crippen molar-refractivity contribution in [2.45, 2.75) is 279 Å². The standard InChI is InChI=1S/2C23H29F3N4O2.C18H24N4O.2C17H15F6N3O/c2*1-14(2)19(31)20-28-18(16-8-17(23(24,25)26)15(3)27-9-16)10-30(20)22-11-21(12-22,13-22)29-4-6-32-7-5-29;1-10(2)15(23)17-21-14(13-4-11(3)16(19)20-8-13)9-22(17)18-5-12(6-18)7-18;2*1-8-11(16(18,19)20)2-10(6-24-8)12-7-26(15-3-9(4-15)5-15)14(25-12)13(27)17(21,22)23/h2*8-10,14,19,31H,4-7,11-13H2,1-3H3;4,8-10,12,15,23H,5-7H2,1-3H3,(H2,19,20);2*2,6-7,9,13,27H,3-5H2,1H3. The van der Waals surface area contributed by atoms with Crippen LogP contribution >= 0.6 is 0 Å². The zero-order valence-electron chi connectivity index (χ0n) is 79.3. The number of aromatic nitrogens is 15. The van der Waals surface area contributed by atoms with E-state index in [0.29, 0.717) is 90.3 Å². The van der Waals surface area contributed by atoms with E-state index in [2.05, 4.69) is 65.4 Å². The fourth-order valence-corrected chi connectivity index (χ4v) is 23.1. The minimum absolute atomic E-state index is 0.0473. The average molecular weight is 2000 g/mol. The fraction of sp³-hybridized carbons (Fsp3) is 0.592. The predicted octanol–water partition coefficient (Wildman–Crippen LogP) is 19.6. The molecule has 5 unspecified atom stereocenters. The number of rotatable bonds is 20. The number of anilines is 1. The Kier molecular flexibility index (Phi) is 25.4. The average Bonchev–Trinajstić information content (AvgIpc) is 1.62. The summed E-state index contributed by atoms with van der Waals surface area (Å²) in [6.45, 7) is 25.5.